The highest BCUT2D eigenvalue weighted by atomic mass is 32.2. The molecule has 2 aromatic carbocycles. The third kappa shape index (κ3) is 6.14. The Morgan fingerprint density at radius 1 is 0.900 bits per heavy atom. The summed E-state index contributed by atoms with van der Waals surface area (Å²) in [6.07, 6.45) is 1.00. The lowest BCUT2D eigenvalue weighted by Crippen LogP contribution is -2.51. The zero-order valence-electron chi connectivity index (χ0n) is 17.8. The third-order valence-corrected chi connectivity index (χ3v) is 7.40. The van der Waals surface area contributed by atoms with Gasteiger partial charge in [0.1, 0.15) is 0 Å². The fraction of sp³-hybridized carbons (Fsp3) is 0.435. The van der Waals surface area contributed by atoms with Crippen LogP contribution >= 0.6 is 0 Å². The maximum atomic E-state index is 12.7. The standard InChI is InChI=1S/C23H31N3O3S/c1-3-20-9-11-21(12-10-20)17-24(2)23(27)18-25-13-15-26(16-14-25)30(28,29)19-22-7-5-4-6-8-22/h4-12H,3,13-19H2,1-2H3. The van der Waals surface area contributed by atoms with Gasteiger partial charge in [-0.15, -0.1) is 0 Å². The fourth-order valence-electron chi connectivity index (χ4n) is 3.60. The Morgan fingerprint density at radius 2 is 1.50 bits per heavy atom. The Labute approximate surface area is 180 Å². The minimum Gasteiger partial charge on any atom is -0.340 e. The molecule has 6 nitrogen and oxygen atoms in total. The molecule has 0 saturated carbocycles. The van der Waals surface area contributed by atoms with E-state index >= 15 is 0 Å². The van der Waals surface area contributed by atoms with Gasteiger partial charge in [-0.25, -0.2) is 8.42 Å². The predicted octanol–water partition coefficient (Wildman–Crippen LogP) is 2.35. The van der Waals surface area contributed by atoms with Crippen molar-refractivity contribution >= 4 is 15.9 Å². The number of carbonyl (C=O) groups excluding carboxylic acids is 1. The second kappa shape index (κ2) is 10.2. The van der Waals surface area contributed by atoms with Crippen molar-refractivity contribution in [1.29, 1.82) is 0 Å². The first-order chi connectivity index (χ1) is 14.4. The molecule has 0 spiro atoms. The van der Waals surface area contributed by atoms with Gasteiger partial charge >= 0.3 is 0 Å². The molecule has 1 fully saturated rings. The van der Waals surface area contributed by atoms with Gasteiger partial charge in [0, 0.05) is 39.8 Å². The van der Waals surface area contributed by atoms with Crippen LogP contribution in [0.2, 0.25) is 0 Å². The van der Waals surface area contributed by atoms with Gasteiger partial charge < -0.3 is 4.90 Å². The number of aryl methyl sites for hydroxylation is 1. The summed E-state index contributed by atoms with van der Waals surface area (Å²) in [6.45, 7) is 4.99. The van der Waals surface area contributed by atoms with E-state index in [0.717, 1.165) is 17.5 Å². The highest BCUT2D eigenvalue weighted by Crippen LogP contribution is 2.14. The molecule has 1 heterocycles. The topological polar surface area (TPSA) is 60.9 Å². The number of rotatable bonds is 8. The maximum absolute atomic E-state index is 12.7. The van der Waals surface area contributed by atoms with Crippen LogP contribution in [0.25, 0.3) is 0 Å². The van der Waals surface area contributed by atoms with Crippen LogP contribution < -0.4 is 0 Å². The second-order valence-electron chi connectivity index (χ2n) is 7.84. The van der Waals surface area contributed by atoms with Crippen molar-refractivity contribution in [2.24, 2.45) is 0 Å². The van der Waals surface area contributed by atoms with Crippen molar-refractivity contribution < 1.29 is 13.2 Å². The first-order valence-corrected chi connectivity index (χ1v) is 12.0. The van der Waals surface area contributed by atoms with E-state index in [1.165, 1.54) is 5.56 Å². The minimum absolute atomic E-state index is 0.0202. The highest BCUT2D eigenvalue weighted by molar-refractivity contribution is 7.88. The zero-order valence-corrected chi connectivity index (χ0v) is 18.6. The van der Waals surface area contributed by atoms with Crippen LogP contribution in [0.4, 0.5) is 0 Å². The Hall–Kier alpha value is -2.22. The molecular weight excluding hydrogens is 398 g/mol. The largest absolute Gasteiger partial charge is 0.340 e. The molecule has 0 radical (unpaired) electrons. The molecule has 0 atom stereocenters. The van der Waals surface area contributed by atoms with Crippen molar-refractivity contribution in [2.45, 2.75) is 25.6 Å². The van der Waals surface area contributed by atoms with E-state index in [1.54, 1.807) is 9.21 Å². The van der Waals surface area contributed by atoms with Gasteiger partial charge in [-0.05, 0) is 23.1 Å². The molecule has 0 N–H and O–H groups in total. The average molecular weight is 430 g/mol. The monoisotopic (exact) mass is 429 g/mol. The van der Waals surface area contributed by atoms with Crippen LogP contribution in [-0.4, -0.2) is 68.2 Å². The molecule has 162 valence electrons. The molecule has 0 aliphatic carbocycles. The SMILES string of the molecule is CCc1ccc(CN(C)C(=O)CN2CCN(S(=O)(=O)Cc3ccccc3)CC2)cc1. The summed E-state index contributed by atoms with van der Waals surface area (Å²) in [5.74, 6) is 0.0712. The lowest BCUT2D eigenvalue weighted by atomic mass is 10.1. The number of piperazine rings is 1. The summed E-state index contributed by atoms with van der Waals surface area (Å²) in [5.41, 5.74) is 3.19. The van der Waals surface area contributed by atoms with Gasteiger partial charge in [0.05, 0.1) is 12.3 Å². The van der Waals surface area contributed by atoms with Crippen LogP contribution in [0.1, 0.15) is 23.6 Å². The number of nitrogens with zero attached hydrogens (tertiary/aromatic N) is 3. The maximum Gasteiger partial charge on any atom is 0.236 e. The molecule has 3 rings (SSSR count). The molecule has 1 aliphatic heterocycles. The normalized spacial score (nSPS) is 15.8. The van der Waals surface area contributed by atoms with Crippen molar-refractivity contribution in [2.75, 3.05) is 39.8 Å². The number of amides is 1. The number of hydrogen-bond acceptors (Lipinski definition) is 4. The van der Waals surface area contributed by atoms with E-state index in [0.29, 0.717) is 39.3 Å². The molecule has 1 saturated heterocycles. The molecular formula is C23H31N3O3S. The third-order valence-electron chi connectivity index (χ3n) is 5.55. The van der Waals surface area contributed by atoms with Crippen molar-refractivity contribution in [1.82, 2.24) is 14.1 Å². The van der Waals surface area contributed by atoms with Crippen LogP contribution in [-0.2, 0) is 33.5 Å². The lowest BCUT2D eigenvalue weighted by Gasteiger charge is -2.34. The van der Waals surface area contributed by atoms with Gasteiger partial charge in [-0.2, -0.15) is 4.31 Å². The van der Waals surface area contributed by atoms with Gasteiger partial charge in [-0.3, -0.25) is 9.69 Å². The lowest BCUT2D eigenvalue weighted by molar-refractivity contribution is -0.131. The molecule has 0 unspecified atom stereocenters. The summed E-state index contributed by atoms with van der Waals surface area (Å²) < 4.78 is 26.9. The summed E-state index contributed by atoms with van der Waals surface area (Å²) in [5, 5.41) is 0. The molecule has 1 amide bonds. The predicted molar refractivity (Wildman–Crippen MR) is 119 cm³/mol. The first-order valence-electron chi connectivity index (χ1n) is 10.4. The van der Waals surface area contributed by atoms with Crippen LogP contribution in [0.15, 0.2) is 54.6 Å². The number of hydrogen-bond donors (Lipinski definition) is 0. The van der Waals surface area contributed by atoms with E-state index in [2.05, 4.69) is 31.2 Å². The summed E-state index contributed by atoms with van der Waals surface area (Å²) in [4.78, 5) is 16.4. The quantitative estimate of drug-likeness (QED) is 0.646. The number of likely N-dealkylation sites (N-methyl/N-ethyl adjacent to an activating group) is 1. The van der Waals surface area contributed by atoms with E-state index in [9.17, 15) is 13.2 Å². The molecule has 30 heavy (non-hydrogen) atoms. The van der Waals surface area contributed by atoms with Gasteiger partial charge in [-0.1, -0.05) is 61.5 Å². The van der Waals surface area contributed by atoms with Crippen LogP contribution in [0.3, 0.4) is 0 Å². The Morgan fingerprint density at radius 3 is 2.10 bits per heavy atom. The van der Waals surface area contributed by atoms with E-state index in [1.807, 2.05) is 42.3 Å². The van der Waals surface area contributed by atoms with E-state index in [4.69, 9.17) is 0 Å². The Bertz CT molecular complexity index is 922. The molecule has 7 heteroatoms. The molecule has 0 bridgehead atoms. The van der Waals surface area contributed by atoms with Gasteiger partial charge in [0.2, 0.25) is 15.9 Å². The Balaban J connectivity index is 1.46. The summed E-state index contributed by atoms with van der Waals surface area (Å²) in [6, 6.07) is 17.6. The highest BCUT2D eigenvalue weighted by Gasteiger charge is 2.28. The fourth-order valence-corrected chi connectivity index (χ4v) is 5.11. The minimum atomic E-state index is -3.34. The van der Waals surface area contributed by atoms with Crippen molar-refractivity contribution in [3.63, 3.8) is 0 Å². The van der Waals surface area contributed by atoms with Crippen LogP contribution in [0, 0.1) is 0 Å². The zero-order chi connectivity index (χ0) is 21.6. The number of sulfonamides is 1. The summed E-state index contributed by atoms with van der Waals surface area (Å²) in [7, 11) is -1.52. The van der Waals surface area contributed by atoms with E-state index < -0.39 is 10.0 Å². The summed E-state index contributed by atoms with van der Waals surface area (Å²) >= 11 is 0. The van der Waals surface area contributed by atoms with Gasteiger partial charge in [0.25, 0.3) is 0 Å². The molecule has 2 aromatic rings. The first kappa shape index (κ1) is 22.5. The second-order valence-corrected chi connectivity index (χ2v) is 9.81. The van der Waals surface area contributed by atoms with Gasteiger partial charge in [0.15, 0.2) is 0 Å². The number of benzene rings is 2. The molecule has 0 aromatic heterocycles. The van der Waals surface area contributed by atoms with Crippen LogP contribution in [0.5, 0.6) is 0 Å². The van der Waals surface area contributed by atoms with E-state index in [-0.39, 0.29) is 11.7 Å². The van der Waals surface area contributed by atoms with Crippen molar-refractivity contribution in [3.05, 3.63) is 71.3 Å². The smallest absolute Gasteiger partial charge is 0.236 e. The average Bonchev–Trinajstić information content (AvgIpc) is 2.75. The van der Waals surface area contributed by atoms with Crippen molar-refractivity contribution in [3.8, 4) is 0 Å². The molecule has 1 aliphatic rings. The Kier molecular flexibility index (Phi) is 7.64. The number of carbonyl (C=O) groups is 1.